The van der Waals surface area contributed by atoms with E-state index in [1.54, 1.807) is 6.07 Å². The SMILES string of the molecule is F[C](F)C(F)(F)Oc1ccccc1. The number of para-hydroxylation sites is 1. The standard InChI is InChI=1S/C8H5F4O/c9-7(10)8(11,12)13-6-4-2-1-3-5-6/h1-5H. The number of halogens is 4. The second kappa shape index (κ2) is 3.64. The lowest BCUT2D eigenvalue weighted by Crippen LogP contribution is -2.28. The predicted octanol–water partition coefficient (Wildman–Crippen LogP) is 3.09. The van der Waals surface area contributed by atoms with E-state index in [0.717, 1.165) is 12.1 Å². The molecule has 1 aromatic rings. The highest BCUT2D eigenvalue weighted by Gasteiger charge is 2.46. The summed E-state index contributed by atoms with van der Waals surface area (Å²) >= 11 is 0. The van der Waals surface area contributed by atoms with E-state index >= 15 is 0 Å². The molecule has 0 amide bonds. The van der Waals surface area contributed by atoms with Gasteiger partial charge < -0.3 is 4.74 Å². The lowest BCUT2D eigenvalue weighted by Gasteiger charge is -2.14. The molecule has 71 valence electrons. The average Bonchev–Trinajstić information content (AvgIpc) is 2.05. The molecule has 0 saturated carbocycles. The van der Waals surface area contributed by atoms with Crippen LogP contribution in [0.3, 0.4) is 0 Å². The van der Waals surface area contributed by atoms with Crippen molar-refractivity contribution in [3.8, 4) is 5.75 Å². The first kappa shape index (κ1) is 9.83. The molecule has 0 aliphatic carbocycles. The summed E-state index contributed by atoms with van der Waals surface area (Å²) < 4.78 is 51.3. The molecule has 0 spiro atoms. The molecule has 0 aromatic heterocycles. The molecule has 0 saturated heterocycles. The van der Waals surface area contributed by atoms with Gasteiger partial charge in [-0.05, 0) is 12.1 Å². The third-order valence-corrected chi connectivity index (χ3v) is 1.21. The van der Waals surface area contributed by atoms with Gasteiger partial charge in [-0.2, -0.15) is 17.6 Å². The van der Waals surface area contributed by atoms with E-state index in [9.17, 15) is 17.6 Å². The maximum atomic E-state index is 12.2. The fourth-order valence-electron chi connectivity index (χ4n) is 0.675. The molecule has 0 bridgehead atoms. The molecule has 13 heavy (non-hydrogen) atoms. The van der Waals surface area contributed by atoms with Crippen LogP contribution in [0.25, 0.3) is 0 Å². The minimum atomic E-state index is -4.51. The third-order valence-electron chi connectivity index (χ3n) is 1.21. The van der Waals surface area contributed by atoms with Crippen molar-refractivity contribution in [2.75, 3.05) is 0 Å². The molecule has 0 aliphatic rings. The number of alkyl halides is 2. The Morgan fingerprint density at radius 1 is 1.08 bits per heavy atom. The average molecular weight is 193 g/mol. The minimum absolute atomic E-state index is 0.305. The Hall–Kier alpha value is -1.26. The summed E-state index contributed by atoms with van der Waals surface area (Å²) in [5, 5.41) is 0. The number of rotatable bonds is 3. The molecule has 0 unspecified atom stereocenters. The van der Waals surface area contributed by atoms with Gasteiger partial charge in [0, 0.05) is 0 Å². The van der Waals surface area contributed by atoms with Crippen molar-refractivity contribution in [1.82, 2.24) is 0 Å². The van der Waals surface area contributed by atoms with Gasteiger partial charge in [0.05, 0.1) is 0 Å². The van der Waals surface area contributed by atoms with Crippen molar-refractivity contribution in [1.29, 1.82) is 0 Å². The van der Waals surface area contributed by atoms with Crippen LogP contribution in [0.1, 0.15) is 0 Å². The molecule has 0 aliphatic heterocycles. The maximum Gasteiger partial charge on any atom is 0.471 e. The summed E-state index contributed by atoms with van der Waals surface area (Å²) in [7, 11) is 0. The van der Waals surface area contributed by atoms with E-state index in [2.05, 4.69) is 4.74 Å². The van der Waals surface area contributed by atoms with E-state index in [0.29, 0.717) is 0 Å². The monoisotopic (exact) mass is 193 g/mol. The molecule has 1 radical (unpaired) electrons. The number of ether oxygens (including phenoxy) is 1. The molecule has 5 heteroatoms. The molecule has 0 fully saturated rings. The van der Waals surface area contributed by atoms with E-state index in [1.807, 2.05) is 0 Å². The van der Waals surface area contributed by atoms with Crippen LogP contribution >= 0.6 is 0 Å². The Kier molecular flexibility index (Phi) is 2.75. The number of benzene rings is 1. The van der Waals surface area contributed by atoms with Crippen molar-refractivity contribution in [2.45, 2.75) is 6.11 Å². The quantitative estimate of drug-likeness (QED) is 0.670. The van der Waals surface area contributed by atoms with Crippen LogP contribution in [0.2, 0.25) is 0 Å². The summed E-state index contributed by atoms with van der Waals surface area (Å²) in [4.78, 5) is 0. The normalized spacial score (nSPS) is 11.8. The Morgan fingerprint density at radius 3 is 2.08 bits per heavy atom. The number of hydrogen-bond donors (Lipinski definition) is 0. The molecule has 1 aromatic carbocycles. The zero-order valence-electron chi connectivity index (χ0n) is 6.31. The van der Waals surface area contributed by atoms with Crippen LogP contribution in [0, 0.1) is 6.43 Å². The first-order chi connectivity index (χ1) is 6.02. The van der Waals surface area contributed by atoms with Crippen molar-refractivity contribution in [2.24, 2.45) is 0 Å². The van der Waals surface area contributed by atoms with Crippen LogP contribution in [0.15, 0.2) is 30.3 Å². The summed E-state index contributed by atoms with van der Waals surface area (Å²) in [6, 6.07) is 6.69. The third kappa shape index (κ3) is 2.61. The second-order valence-electron chi connectivity index (χ2n) is 2.19. The van der Waals surface area contributed by atoms with Crippen LogP contribution in [-0.2, 0) is 0 Å². The summed E-state index contributed by atoms with van der Waals surface area (Å²) in [5.74, 6) is -0.305. The van der Waals surface area contributed by atoms with Crippen molar-refractivity contribution in [3.63, 3.8) is 0 Å². The largest absolute Gasteiger partial charge is 0.471 e. The smallest absolute Gasteiger partial charge is 0.428 e. The van der Waals surface area contributed by atoms with E-state index in [4.69, 9.17) is 0 Å². The summed E-state index contributed by atoms with van der Waals surface area (Å²) in [6.45, 7) is 0. The van der Waals surface area contributed by atoms with Gasteiger partial charge in [0.2, 0.25) is 0 Å². The summed E-state index contributed by atoms with van der Waals surface area (Å²) in [6.07, 6.45) is -7.57. The zero-order valence-corrected chi connectivity index (χ0v) is 6.31. The lowest BCUT2D eigenvalue weighted by atomic mass is 10.3. The van der Waals surface area contributed by atoms with Gasteiger partial charge in [-0.15, -0.1) is 0 Å². The van der Waals surface area contributed by atoms with Gasteiger partial charge in [-0.3, -0.25) is 0 Å². The Morgan fingerprint density at radius 2 is 1.62 bits per heavy atom. The van der Waals surface area contributed by atoms with Crippen molar-refractivity contribution >= 4 is 0 Å². The molecule has 0 N–H and O–H groups in total. The van der Waals surface area contributed by atoms with Crippen LogP contribution in [0.4, 0.5) is 17.6 Å². The van der Waals surface area contributed by atoms with Crippen LogP contribution in [-0.4, -0.2) is 6.11 Å². The zero-order chi connectivity index (χ0) is 9.90. The van der Waals surface area contributed by atoms with E-state index < -0.39 is 12.5 Å². The van der Waals surface area contributed by atoms with Gasteiger partial charge in [0.1, 0.15) is 5.75 Å². The van der Waals surface area contributed by atoms with Crippen molar-refractivity contribution < 1.29 is 22.3 Å². The fourth-order valence-corrected chi connectivity index (χ4v) is 0.675. The molecular weight excluding hydrogens is 188 g/mol. The summed E-state index contributed by atoms with van der Waals surface area (Å²) in [5.41, 5.74) is 0. The Labute approximate surface area is 71.9 Å². The molecular formula is C8H5F4O. The minimum Gasteiger partial charge on any atom is -0.428 e. The van der Waals surface area contributed by atoms with Gasteiger partial charge in [0.25, 0.3) is 0 Å². The molecule has 1 rings (SSSR count). The predicted molar refractivity (Wildman–Crippen MR) is 37.5 cm³/mol. The van der Waals surface area contributed by atoms with E-state index in [1.165, 1.54) is 12.1 Å². The van der Waals surface area contributed by atoms with Gasteiger partial charge in [0.15, 0.2) is 0 Å². The molecule has 0 atom stereocenters. The maximum absolute atomic E-state index is 12.2. The highest BCUT2D eigenvalue weighted by molar-refractivity contribution is 5.21. The lowest BCUT2D eigenvalue weighted by molar-refractivity contribution is -0.205. The number of hydrogen-bond acceptors (Lipinski definition) is 1. The fraction of sp³-hybridized carbons (Fsp3) is 0.125. The van der Waals surface area contributed by atoms with Gasteiger partial charge in [-0.25, -0.2) is 0 Å². The second-order valence-corrected chi connectivity index (χ2v) is 2.19. The highest BCUT2D eigenvalue weighted by Crippen LogP contribution is 2.31. The van der Waals surface area contributed by atoms with Gasteiger partial charge in [-0.1, -0.05) is 18.2 Å². The Bertz CT molecular complexity index is 260. The first-order valence-corrected chi connectivity index (χ1v) is 3.32. The molecule has 0 heterocycles. The Balaban J connectivity index is 2.69. The van der Waals surface area contributed by atoms with Crippen LogP contribution in [0.5, 0.6) is 5.75 Å². The molecule has 1 nitrogen and oxygen atoms in total. The highest BCUT2D eigenvalue weighted by atomic mass is 19.3. The first-order valence-electron chi connectivity index (χ1n) is 3.32. The van der Waals surface area contributed by atoms with Crippen molar-refractivity contribution in [3.05, 3.63) is 36.8 Å². The topological polar surface area (TPSA) is 9.23 Å². The van der Waals surface area contributed by atoms with Gasteiger partial charge >= 0.3 is 12.5 Å². The van der Waals surface area contributed by atoms with Crippen LogP contribution < -0.4 is 4.74 Å². The van der Waals surface area contributed by atoms with E-state index in [-0.39, 0.29) is 5.75 Å².